The van der Waals surface area contributed by atoms with Crippen molar-refractivity contribution in [3.8, 4) is 0 Å². The predicted octanol–water partition coefficient (Wildman–Crippen LogP) is 2.72. The molecule has 0 spiro atoms. The van der Waals surface area contributed by atoms with Crippen LogP contribution in [-0.4, -0.2) is 25.6 Å². The fraction of sp³-hybridized carbons (Fsp3) is 0.333. The molecule has 0 aliphatic heterocycles. The normalized spacial score (nSPS) is 10.9. The van der Waals surface area contributed by atoms with Crippen LogP contribution in [0.3, 0.4) is 0 Å². The summed E-state index contributed by atoms with van der Waals surface area (Å²) < 4.78 is 1.33. The van der Waals surface area contributed by atoms with Gasteiger partial charge < -0.3 is 9.67 Å². The van der Waals surface area contributed by atoms with Gasteiger partial charge in [-0.1, -0.05) is 13.8 Å². The quantitative estimate of drug-likeness (QED) is 0.675. The number of carbonyl (C=O) groups is 1. The van der Waals surface area contributed by atoms with Gasteiger partial charge in [0.2, 0.25) is 0 Å². The largest absolute Gasteiger partial charge is 0.477 e. The van der Waals surface area contributed by atoms with Crippen LogP contribution in [0.1, 0.15) is 41.0 Å². The number of hydrogen-bond acceptors (Lipinski definition) is 5. The Morgan fingerprint density at radius 1 is 1.60 bits per heavy atom. The molecular weight excluding hydrogens is 282 g/mol. The van der Waals surface area contributed by atoms with Gasteiger partial charge in [-0.25, -0.2) is 9.78 Å². The zero-order valence-corrected chi connectivity index (χ0v) is 11.8. The molecule has 2 heterocycles. The average molecular weight is 295 g/mol. The molecule has 0 aliphatic carbocycles. The molecule has 2 aromatic heterocycles. The van der Waals surface area contributed by atoms with E-state index in [9.17, 15) is 14.9 Å². The summed E-state index contributed by atoms with van der Waals surface area (Å²) in [4.78, 5) is 25.6. The number of nitrogens with zero attached hydrogens (tertiary/aromatic N) is 3. The van der Waals surface area contributed by atoms with Crippen molar-refractivity contribution in [3.05, 3.63) is 44.2 Å². The summed E-state index contributed by atoms with van der Waals surface area (Å²) in [6.45, 7) is 4.25. The molecule has 0 saturated carbocycles. The predicted molar refractivity (Wildman–Crippen MR) is 73.4 cm³/mol. The molecule has 0 bridgehead atoms. The highest BCUT2D eigenvalue weighted by molar-refractivity contribution is 7.09. The van der Waals surface area contributed by atoms with Crippen LogP contribution in [-0.2, 0) is 6.54 Å². The molecule has 0 fully saturated rings. The minimum Gasteiger partial charge on any atom is -0.477 e. The summed E-state index contributed by atoms with van der Waals surface area (Å²) in [5.41, 5.74) is 0.351. The third kappa shape index (κ3) is 2.85. The maximum atomic E-state index is 11.1. The van der Waals surface area contributed by atoms with Crippen LogP contribution in [0.2, 0.25) is 0 Å². The van der Waals surface area contributed by atoms with E-state index in [2.05, 4.69) is 4.98 Å². The maximum absolute atomic E-state index is 11.1. The lowest BCUT2D eigenvalue weighted by Crippen LogP contribution is -2.08. The lowest BCUT2D eigenvalue weighted by molar-refractivity contribution is -0.384. The van der Waals surface area contributed by atoms with Gasteiger partial charge in [0.05, 0.1) is 28.4 Å². The standard InChI is InChI=1S/C12H13N3O4S/c1-7(2)11-13-8(6-20-11)4-14-5-9(15(18)19)3-10(14)12(16)17/h3,5-7H,4H2,1-2H3,(H,16,17). The van der Waals surface area contributed by atoms with E-state index in [-0.39, 0.29) is 17.9 Å². The molecule has 1 N–H and O–H groups in total. The van der Waals surface area contributed by atoms with Gasteiger partial charge in [0, 0.05) is 17.4 Å². The Bertz CT molecular complexity index is 659. The van der Waals surface area contributed by atoms with Crippen molar-refractivity contribution in [2.75, 3.05) is 0 Å². The van der Waals surface area contributed by atoms with E-state index in [0.29, 0.717) is 11.6 Å². The van der Waals surface area contributed by atoms with Gasteiger partial charge in [-0.2, -0.15) is 0 Å². The molecule has 20 heavy (non-hydrogen) atoms. The second-order valence-electron chi connectivity index (χ2n) is 4.61. The molecule has 0 amide bonds. The number of aromatic nitrogens is 2. The van der Waals surface area contributed by atoms with Gasteiger partial charge in [-0.05, 0) is 0 Å². The van der Waals surface area contributed by atoms with Gasteiger partial charge in [-0.15, -0.1) is 11.3 Å². The summed E-state index contributed by atoms with van der Waals surface area (Å²) >= 11 is 1.50. The lowest BCUT2D eigenvalue weighted by atomic mass is 10.2. The van der Waals surface area contributed by atoms with Crippen molar-refractivity contribution in [2.24, 2.45) is 0 Å². The van der Waals surface area contributed by atoms with Crippen molar-refractivity contribution in [2.45, 2.75) is 26.3 Å². The molecule has 2 rings (SSSR count). The number of carboxylic acids is 1. The highest BCUT2D eigenvalue weighted by Crippen LogP contribution is 2.22. The molecule has 106 valence electrons. The first-order chi connectivity index (χ1) is 9.38. The Morgan fingerprint density at radius 3 is 2.80 bits per heavy atom. The van der Waals surface area contributed by atoms with E-state index < -0.39 is 10.9 Å². The second-order valence-corrected chi connectivity index (χ2v) is 5.50. The number of carboxylic acid groups (broad SMARTS) is 1. The van der Waals surface area contributed by atoms with Gasteiger partial charge >= 0.3 is 5.97 Å². The zero-order valence-electron chi connectivity index (χ0n) is 10.9. The van der Waals surface area contributed by atoms with Crippen LogP contribution in [0, 0.1) is 10.1 Å². The fourth-order valence-electron chi connectivity index (χ4n) is 1.74. The van der Waals surface area contributed by atoms with E-state index >= 15 is 0 Å². The van der Waals surface area contributed by atoms with E-state index in [1.807, 2.05) is 19.2 Å². The van der Waals surface area contributed by atoms with Crippen molar-refractivity contribution in [1.29, 1.82) is 0 Å². The molecule has 8 heteroatoms. The van der Waals surface area contributed by atoms with Crippen LogP contribution >= 0.6 is 11.3 Å². The zero-order chi connectivity index (χ0) is 14.9. The Labute approximate surface area is 118 Å². The Kier molecular flexibility index (Phi) is 3.84. The second kappa shape index (κ2) is 5.41. The first kappa shape index (κ1) is 14.2. The number of hydrogen-bond donors (Lipinski definition) is 1. The van der Waals surface area contributed by atoms with E-state index in [1.165, 1.54) is 22.1 Å². The number of rotatable bonds is 5. The molecule has 0 aromatic carbocycles. The minimum absolute atomic E-state index is 0.115. The van der Waals surface area contributed by atoms with Crippen LogP contribution in [0.15, 0.2) is 17.6 Å². The van der Waals surface area contributed by atoms with Crippen LogP contribution in [0.4, 0.5) is 5.69 Å². The highest BCUT2D eigenvalue weighted by Gasteiger charge is 2.19. The van der Waals surface area contributed by atoms with Gasteiger partial charge in [0.1, 0.15) is 5.69 Å². The molecule has 0 saturated heterocycles. The maximum Gasteiger partial charge on any atom is 0.352 e. The van der Waals surface area contributed by atoms with Crippen molar-refractivity contribution >= 4 is 23.0 Å². The summed E-state index contributed by atoms with van der Waals surface area (Å²) in [6, 6.07) is 1.05. The first-order valence-corrected chi connectivity index (χ1v) is 6.78. The third-order valence-electron chi connectivity index (χ3n) is 2.71. The van der Waals surface area contributed by atoms with Crippen molar-refractivity contribution in [3.63, 3.8) is 0 Å². The minimum atomic E-state index is -1.20. The summed E-state index contributed by atoms with van der Waals surface area (Å²) in [7, 11) is 0. The van der Waals surface area contributed by atoms with Crippen LogP contribution in [0.25, 0.3) is 0 Å². The summed E-state index contributed by atoms with van der Waals surface area (Å²) in [5, 5.41) is 22.6. The first-order valence-electron chi connectivity index (χ1n) is 5.90. The Hall–Kier alpha value is -2.22. The molecule has 7 nitrogen and oxygen atoms in total. The van der Waals surface area contributed by atoms with Crippen LogP contribution in [0.5, 0.6) is 0 Å². The molecule has 0 atom stereocenters. The molecule has 0 radical (unpaired) electrons. The molecule has 2 aromatic rings. The van der Waals surface area contributed by atoms with Crippen LogP contribution < -0.4 is 0 Å². The average Bonchev–Trinajstić information content (AvgIpc) is 2.96. The van der Waals surface area contributed by atoms with Gasteiger partial charge in [0.25, 0.3) is 5.69 Å². The summed E-state index contributed by atoms with van der Waals surface area (Å²) in [5.74, 6) is -0.899. The Balaban J connectivity index is 2.31. The van der Waals surface area contributed by atoms with E-state index in [4.69, 9.17) is 5.11 Å². The Morgan fingerprint density at radius 2 is 2.30 bits per heavy atom. The molecule has 0 unspecified atom stereocenters. The fourth-order valence-corrected chi connectivity index (χ4v) is 2.57. The monoisotopic (exact) mass is 295 g/mol. The van der Waals surface area contributed by atoms with Crippen molar-refractivity contribution in [1.82, 2.24) is 9.55 Å². The molecule has 0 aliphatic rings. The number of aromatic carboxylic acids is 1. The third-order valence-corrected chi connectivity index (χ3v) is 3.90. The van der Waals surface area contributed by atoms with Gasteiger partial charge in [-0.3, -0.25) is 10.1 Å². The lowest BCUT2D eigenvalue weighted by Gasteiger charge is -2.03. The van der Waals surface area contributed by atoms with E-state index in [1.54, 1.807) is 0 Å². The van der Waals surface area contributed by atoms with Crippen molar-refractivity contribution < 1.29 is 14.8 Å². The number of thiazole rings is 1. The highest BCUT2D eigenvalue weighted by atomic mass is 32.1. The SMILES string of the molecule is CC(C)c1nc(Cn2cc([N+](=O)[O-])cc2C(=O)O)cs1. The van der Waals surface area contributed by atoms with Gasteiger partial charge in [0.15, 0.2) is 0 Å². The van der Waals surface area contributed by atoms with E-state index in [0.717, 1.165) is 11.1 Å². The molecular formula is C12H13N3O4S. The number of nitro groups is 1. The topological polar surface area (TPSA) is 98.3 Å². The summed E-state index contributed by atoms with van der Waals surface area (Å²) in [6.07, 6.45) is 1.22. The smallest absolute Gasteiger partial charge is 0.352 e.